The molecule has 0 aromatic rings. The lowest BCUT2D eigenvalue weighted by Crippen LogP contribution is -2.55. The van der Waals surface area contributed by atoms with Gasteiger partial charge in [-0.3, -0.25) is 9.80 Å². The number of hydrazone groups is 1. The fourth-order valence-electron chi connectivity index (χ4n) is 4.14. The molecule has 2 atom stereocenters. The van der Waals surface area contributed by atoms with Gasteiger partial charge < -0.3 is 9.47 Å². The van der Waals surface area contributed by atoms with Gasteiger partial charge in [-0.05, 0) is 24.3 Å². The molecule has 0 aliphatic carbocycles. The van der Waals surface area contributed by atoms with E-state index >= 15 is 0 Å². The fraction of sp³-hybridized carbons (Fsp3) is 0.909. The minimum atomic E-state index is -2.12. The number of hydrogen-bond acceptors (Lipinski definition) is 5. The Morgan fingerprint density at radius 2 is 1.89 bits per heavy atom. The van der Waals surface area contributed by atoms with Crippen molar-refractivity contribution in [1.29, 1.82) is 0 Å². The summed E-state index contributed by atoms with van der Waals surface area (Å²) in [7, 11) is 1.14. The number of nitrogens with zero attached hydrogens (tertiary/aromatic N) is 2. The summed E-state index contributed by atoms with van der Waals surface area (Å²) in [5, 5.41) is 6.46. The maximum Gasteiger partial charge on any atom is 0.314 e. The third kappa shape index (κ3) is 5.59. The van der Waals surface area contributed by atoms with Gasteiger partial charge in [0, 0.05) is 19.9 Å². The van der Waals surface area contributed by atoms with Gasteiger partial charge in [-0.2, -0.15) is 5.10 Å². The average molecular weight is 413 g/mol. The summed E-state index contributed by atoms with van der Waals surface area (Å²) in [4.78, 5) is 13.3. The molecule has 0 spiro atoms. The lowest BCUT2D eigenvalue weighted by Gasteiger charge is -2.49. The van der Waals surface area contributed by atoms with E-state index in [0.717, 1.165) is 38.6 Å². The lowest BCUT2D eigenvalue weighted by atomic mass is 10.0. The number of unbranched alkanes of at least 4 members (excludes halogenated alkanes) is 3. The quantitative estimate of drug-likeness (QED) is 0.195. The lowest BCUT2D eigenvalue weighted by molar-refractivity contribution is -0.142. The van der Waals surface area contributed by atoms with Crippen molar-refractivity contribution in [1.82, 2.24) is 5.01 Å². The second-order valence-corrected chi connectivity index (χ2v) is 15.4. The molecule has 0 bridgehead atoms. The zero-order valence-corrected chi connectivity index (χ0v) is 20.6. The molecule has 0 saturated carbocycles. The molecule has 1 aliphatic rings. The maximum absolute atomic E-state index is 13.3. The first-order valence-corrected chi connectivity index (χ1v) is 14.0. The van der Waals surface area contributed by atoms with Crippen LogP contribution in [0.2, 0.25) is 23.2 Å². The summed E-state index contributed by atoms with van der Waals surface area (Å²) in [5.41, 5.74) is 0. The van der Waals surface area contributed by atoms with Gasteiger partial charge in [-0.25, -0.2) is 0 Å². The van der Waals surface area contributed by atoms with E-state index in [0.29, 0.717) is 12.6 Å². The van der Waals surface area contributed by atoms with Crippen LogP contribution in [0.5, 0.6) is 0 Å². The Morgan fingerprint density at radius 3 is 2.43 bits per heavy atom. The molecule has 164 valence electrons. The predicted molar refractivity (Wildman–Crippen MR) is 121 cm³/mol. The SMILES string of the molecule is CCCCCC[C@@](/C=N/N1CCC[C@H]1COC)(C(=O)OC)[Si](C)(C)C(C)(C)C. The molecule has 0 aromatic heterocycles. The minimum Gasteiger partial charge on any atom is -0.469 e. The minimum absolute atomic E-state index is 0.0505. The van der Waals surface area contributed by atoms with Crippen LogP contribution in [0.1, 0.15) is 72.6 Å². The van der Waals surface area contributed by atoms with Crippen molar-refractivity contribution in [3.05, 3.63) is 0 Å². The largest absolute Gasteiger partial charge is 0.469 e. The Morgan fingerprint density at radius 1 is 1.21 bits per heavy atom. The molecule has 0 N–H and O–H groups in total. The smallest absolute Gasteiger partial charge is 0.314 e. The van der Waals surface area contributed by atoms with Crippen molar-refractivity contribution in [2.75, 3.05) is 27.4 Å². The van der Waals surface area contributed by atoms with Crippen molar-refractivity contribution >= 4 is 20.3 Å². The first-order chi connectivity index (χ1) is 13.1. The van der Waals surface area contributed by atoms with E-state index in [2.05, 4.69) is 45.8 Å². The molecule has 5 nitrogen and oxygen atoms in total. The number of rotatable bonds is 11. The summed E-state index contributed by atoms with van der Waals surface area (Å²) in [6.07, 6.45) is 9.58. The summed E-state index contributed by atoms with van der Waals surface area (Å²) in [6, 6.07) is 0.302. The second-order valence-electron chi connectivity index (χ2n) is 9.81. The van der Waals surface area contributed by atoms with Crippen LogP contribution >= 0.6 is 0 Å². The topological polar surface area (TPSA) is 51.1 Å². The number of ether oxygens (including phenoxy) is 2. The van der Waals surface area contributed by atoms with E-state index in [1.807, 2.05) is 6.21 Å². The van der Waals surface area contributed by atoms with Crippen molar-refractivity contribution in [3.63, 3.8) is 0 Å². The normalized spacial score (nSPS) is 20.6. The number of methoxy groups -OCH3 is 2. The van der Waals surface area contributed by atoms with Crippen LogP contribution in [-0.2, 0) is 14.3 Å². The fourth-order valence-corrected chi connectivity index (χ4v) is 7.27. The van der Waals surface area contributed by atoms with Gasteiger partial charge in [0.05, 0.1) is 32.9 Å². The Labute approximate surface area is 174 Å². The third-order valence-corrected chi connectivity index (χ3v) is 13.7. The van der Waals surface area contributed by atoms with Crippen molar-refractivity contribution in [2.24, 2.45) is 5.10 Å². The van der Waals surface area contributed by atoms with E-state index in [4.69, 9.17) is 14.6 Å². The zero-order valence-electron chi connectivity index (χ0n) is 19.6. The Kier molecular flexibility index (Phi) is 9.67. The molecule has 0 aromatic carbocycles. The molecule has 0 radical (unpaired) electrons. The monoisotopic (exact) mass is 412 g/mol. The van der Waals surface area contributed by atoms with E-state index in [1.54, 1.807) is 7.11 Å². The highest BCUT2D eigenvalue weighted by molar-refractivity contribution is 6.88. The standard InChI is InChI=1S/C22H44N2O3Si/c1-9-10-11-12-15-22(20(25)27-6,28(7,8)21(2,3)4)18-23-24-16-13-14-19(24)17-26-5/h18-19H,9-17H2,1-8H3/b23-18+/t19-,22+/m0/s1. The van der Waals surface area contributed by atoms with Gasteiger partial charge in [-0.1, -0.05) is 66.5 Å². The highest BCUT2D eigenvalue weighted by Crippen LogP contribution is 2.54. The number of hydrogen-bond donors (Lipinski definition) is 0. The molecule has 1 fully saturated rings. The van der Waals surface area contributed by atoms with Crippen LogP contribution in [0.15, 0.2) is 5.10 Å². The summed E-state index contributed by atoms with van der Waals surface area (Å²) < 4.78 is 10.8. The van der Waals surface area contributed by atoms with Crippen LogP contribution < -0.4 is 0 Å². The molecule has 0 amide bonds. The molecular formula is C22H44N2O3Si. The first kappa shape index (κ1) is 25.2. The van der Waals surface area contributed by atoms with Crippen LogP contribution in [-0.4, -0.2) is 58.7 Å². The predicted octanol–water partition coefficient (Wildman–Crippen LogP) is 5.48. The van der Waals surface area contributed by atoms with Crippen molar-refractivity contribution in [3.8, 4) is 0 Å². The van der Waals surface area contributed by atoms with Crippen LogP contribution in [0.3, 0.4) is 0 Å². The Balaban J connectivity index is 3.29. The first-order valence-electron chi connectivity index (χ1n) is 11.0. The molecule has 6 heteroatoms. The van der Waals surface area contributed by atoms with Gasteiger partial charge in [0.25, 0.3) is 0 Å². The highest BCUT2D eigenvalue weighted by atomic mass is 28.3. The third-order valence-electron chi connectivity index (χ3n) is 7.10. The summed E-state index contributed by atoms with van der Waals surface area (Å²) >= 11 is 0. The summed E-state index contributed by atoms with van der Waals surface area (Å²) in [5.74, 6) is -0.109. The van der Waals surface area contributed by atoms with Gasteiger partial charge in [-0.15, -0.1) is 0 Å². The summed E-state index contributed by atoms with van der Waals surface area (Å²) in [6.45, 7) is 15.3. The average Bonchev–Trinajstić information content (AvgIpc) is 3.07. The van der Waals surface area contributed by atoms with E-state index in [-0.39, 0.29) is 11.0 Å². The molecule has 1 rings (SSSR count). The van der Waals surface area contributed by atoms with Gasteiger partial charge in [0.1, 0.15) is 0 Å². The highest BCUT2D eigenvalue weighted by Gasteiger charge is 2.57. The zero-order chi connectivity index (χ0) is 21.4. The maximum atomic E-state index is 13.3. The van der Waals surface area contributed by atoms with Gasteiger partial charge in [0.15, 0.2) is 0 Å². The van der Waals surface area contributed by atoms with Crippen LogP contribution in [0, 0.1) is 0 Å². The van der Waals surface area contributed by atoms with Crippen molar-refractivity contribution < 1.29 is 14.3 Å². The Bertz CT molecular complexity index is 516. The second kappa shape index (κ2) is 10.8. The molecule has 1 heterocycles. The van der Waals surface area contributed by atoms with E-state index in [1.165, 1.54) is 20.0 Å². The molecule has 1 saturated heterocycles. The number of carbonyl (C=O) groups is 1. The van der Waals surface area contributed by atoms with Crippen molar-refractivity contribution in [2.45, 2.75) is 102 Å². The molecule has 1 aliphatic heterocycles. The van der Waals surface area contributed by atoms with Gasteiger partial charge >= 0.3 is 5.97 Å². The molecule has 0 unspecified atom stereocenters. The van der Waals surface area contributed by atoms with Crippen LogP contribution in [0.4, 0.5) is 0 Å². The molecule has 28 heavy (non-hydrogen) atoms. The molecular weight excluding hydrogens is 368 g/mol. The van der Waals surface area contributed by atoms with Gasteiger partial charge in [0.2, 0.25) is 0 Å². The van der Waals surface area contributed by atoms with Crippen LogP contribution in [0.25, 0.3) is 0 Å². The van der Waals surface area contributed by atoms with E-state index in [9.17, 15) is 4.79 Å². The van der Waals surface area contributed by atoms with E-state index < -0.39 is 13.1 Å². The number of esters is 1. The Hall–Kier alpha value is -0.883. The number of carbonyl (C=O) groups excluding carboxylic acids is 1.